The number of rotatable bonds is 4. The van der Waals surface area contributed by atoms with Gasteiger partial charge in [0.2, 0.25) is 0 Å². The molecule has 1 aromatic rings. The molecule has 1 aromatic carbocycles. The highest BCUT2D eigenvalue weighted by Crippen LogP contribution is 2.14. The smallest absolute Gasteiger partial charge is 0.251 e. The first-order valence-electron chi connectivity index (χ1n) is 4.88. The number of aliphatic hydroxyl groups is 1. The second kappa shape index (κ2) is 5.96. The molecule has 88 valence electrons. The van der Waals surface area contributed by atoms with Gasteiger partial charge >= 0.3 is 0 Å². The van der Waals surface area contributed by atoms with Crippen LogP contribution in [-0.4, -0.2) is 24.2 Å². The maximum Gasteiger partial charge on any atom is 0.251 e. The monoisotopic (exact) mass is 289 g/mol. The standard InChI is InChI=1S/C11H13BrFNO2/c1-7(6-15)5-14-11(16)8-2-9(12)4-10(13)3-8/h2-4,7,15H,5-6H2,1H3,(H,14,16). The zero-order chi connectivity index (χ0) is 12.1. The lowest BCUT2D eigenvalue weighted by Gasteiger charge is -2.09. The third-order valence-electron chi connectivity index (χ3n) is 2.05. The highest BCUT2D eigenvalue weighted by Gasteiger charge is 2.09. The van der Waals surface area contributed by atoms with Crippen LogP contribution in [-0.2, 0) is 0 Å². The van der Waals surface area contributed by atoms with E-state index in [1.807, 2.05) is 6.92 Å². The molecule has 0 radical (unpaired) electrons. The average molecular weight is 290 g/mol. The minimum atomic E-state index is -0.463. The van der Waals surface area contributed by atoms with E-state index in [1.165, 1.54) is 12.1 Å². The Morgan fingerprint density at radius 3 is 2.81 bits per heavy atom. The van der Waals surface area contributed by atoms with Gasteiger partial charge in [-0.25, -0.2) is 4.39 Å². The number of nitrogens with one attached hydrogen (secondary N) is 1. The van der Waals surface area contributed by atoms with Crippen molar-refractivity contribution in [3.8, 4) is 0 Å². The van der Waals surface area contributed by atoms with Gasteiger partial charge in [-0.3, -0.25) is 4.79 Å². The van der Waals surface area contributed by atoms with Crippen molar-refractivity contribution in [2.24, 2.45) is 5.92 Å². The molecule has 0 aliphatic rings. The topological polar surface area (TPSA) is 49.3 Å². The zero-order valence-electron chi connectivity index (χ0n) is 8.84. The summed E-state index contributed by atoms with van der Waals surface area (Å²) in [4.78, 5) is 11.6. The van der Waals surface area contributed by atoms with Crippen molar-refractivity contribution in [2.45, 2.75) is 6.92 Å². The Balaban J connectivity index is 2.66. The number of amides is 1. The summed E-state index contributed by atoms with van der Waals surface area (Å²) in [6.07, 6.45) is 0. The van der Waals surface area contributed by atoms with Gasteiger partial charge in [0.05, 0.1) is 0 Å². The van der Waals surface area contributed by atoms with Gasteiger partial charge in [-0.1, -0.05) is 22.9 Å². The van der Waals surface area contributed by atoms with E-state index in [4.69, 9.17) is 5.11 Å². The van der Waals surface area contributed by atoms with Gasteiger partial charge in [-0.05, 0) is 24.1 Å². The molecule has 0 heterocycles. The predicted molar refractivity (Wildman–Crippen MR) is 62.7 cm³/mol. The van der Waals surface area contributed by atoms with Crippen molar-refractivity contribution >= 4 is 21.8 Å². The highest BCUT2D eigenvalue weighted by molar-refractivity contribution is 9.10. The summed E-state index contributed by atoms with van der Waals surface area (Å²) in [5.41, 5.74) is 0.261. The number of hydrogen-bond acceptors (Lipinski definition) is 2. The number of carbonyl (C=O) groups is 1. The second-order valence-corrected chi connectivity index (χ2v) is 4.57. The Bertz CT molecular complexity index is 364. The molecule has 16 heavy (non-hydrogen) atoms. The van der Waals surface area contributed by atoms with Crippen LogP contribution in [0.2, 0.25) is 0 Å². The van der Waals surface area contributed by atoms with E-state index in [2.05, 4.69) is 21.2 Å². The molecule has 0 bridgehead atoms. The third-order valence-corrected chi connectivity index (χ3v) is 2.51. The van der Waals surface area contributed by atoms with Gasteiger partial charge in [0.1, 0.15) is 5.82 Å². The lowest BCUT2D eigenvalue weighted by Crippen LogP contribution is -2.29. The Morgan fingerprint density at radius 2 is 2.25 bits per heavy atom. The summed E-state index contributed by atoms with van der Waals surface area (Å²) in [7, 11) is 0. The van der Waals surface area contributed by atoms with Gasteiger partial charge in [0.25, 0.3) is 5.91 Å². The summed E-state index contributed by atoms with van der Waals surface area (Å²) in [5.74, 6) is -0.823. The van der Waals surface area contributed by atoms with Crippen molar-refractivity contribution in [1.29, 1.82) is 0 Å². The Morgan fingerprint density at radius 1 is 1.56 bits per heavy atom. The van der Waals surface area contributed by atoms with E-state index in [1.54, 1.807) is 6.07 Å². The number of benzene rings is 1. The molecule has 0 aromatic heterocycles. The number of hydrogen-bond donors (Lipinski definition) is 2. The van der Waals surface area contributed by atoms with Crippen LogP contribution < -0.4 is 5.32 Å². The highest BCUT2D eigenvalue weighted by atomic mass is 79.9. The molecule has 0 aliphatic carbocycles. The molecule has 0 spiro atoms. The van der Waals surface area contributed by atoms with E-state index in [9.17, 15) is 9.18 Å². The number of aliphatic hydroxyl groups excluding tert-OH is 1. The Kier molecular flexibility index (Phi) is 4.89. The van der Waals surface area contributed by atoms with Crippen LogP contribution in [0.3, 0.4) is 0 Å². The van der Waals surface area contributed by atoms with Crippen molar-refractivity contribution in [2.75, 3.05) is 13.2 Å². The Labute approximate surface area is 102 Å². The van der Waals surface area contributed by atoms with Crippen molar-refractivity contribution < 1.29 is 14.3 Å². The van der Waals surface area contributed by atoms with E-state index < -0.39 is 5.82 Å². The SMILES string of the molecule is CC(CO)CNC(=O)c1cc(F)cc(Br)c1. The van der Waals surface area contributed by atoms with Crippen molar-refractivity contribution in [3.63, 3.8) is 0 Å². The van der Waals surface area contributed by atoms with E-state index in [0.717, 1.165) is 0 Å². The molecule has 1 atom stereocenters. The first-order valence-corrected chi connectivity index (χ1v) is 5.67. The summed E-state index contributed by atoms with van der Waals surface area (Å²) < 4.78 is 13.5. The predicted octanol–water partition coefficient (Wildman–Crippen LogP) is 1.95. The summed E-state index contributed by atoms with van der Waals surface area (Å²) in [6.45, 7) is 2.18. The van der Waals surface area contributed by atoms with Gasteiger partial charge in [-0.2, -0.15) is 0 Å². The molecular formula is C11H13BrFNO2. The molecule has 2 N–H and O–H groups in total. The molecule has 0 aliphatic heterocycles. The normalized spacial score (nSPS) is 12.2. The maximum absolute atomic E-state index is 13.0. The molecule has 0 saturated carbocycles. The van der Waals surface area contributed by atoms with Gasteiger partial charge in [-0.15, -0.1) is 0 Å². The van der Waals surface area contributed by atoms with Crippen LogP contribution >= 0.6 is 15.9 Å². The van der Waals surface area contributed by atoms with Crippen LogP contribution in [0.1, 0.15) is 17.3 Å². The molecule has 3 nitrogen and oxygen atoms in total. The van der Waals surface area contributed by atoms with Gasteiger partial charge in [0.15, 0.2) is 0 Å². The maximum atomic E-state index is 13.0. The van der Waals surface area contributed by atoms with Crippen molar-refractivity contribution in [3.05, 3.63) is 34.1 Å². The second-order valence-electron chi connectivity index (χ2n) is 3.66. The largest absolute Gasteiger partial charge is 0.396 e. The van der Waals surface area contributed by atoms with Crippen LogP contribution in [0.4, 0.5) is 4.39 Å². The summed E-state index contributed by atoms with van der Waals surface area (Å²) in [5, 5.41) is 11.4. The number of halogens is 2. The lowest BCUT2D eigenvalue weighted by molar-refractivity contribution is 0.0942. The van der Waals surface area contributed by atoms with Gasteiger partial charge < -0.3 is 10.4 Å². The summed E-state index contributed by atoms with van der Waals surface area (Å²) >= 11 is 3.11. The number of carbonyl (C=O) groups excluding carboxylic acids is 1. The average Bonchev–Trinajstić information content (AvgIpc) is 2.23. The molecule has 1 rings (SSSR count). The quantitative estimate of drug-likeness (QED) is 0.890. The van der Waals surface area contributed by atoms with Crippen molar-refractivity contribution in [1.82, 2.24) is 5.32 Å². The molecule has 1 amide bonds. The summed E-state index contributed by atoms with van der Waals surface area (Å²) in [6, 6.07) is 4.00. The van der Waals surface area contributed by atoms with Crippen LogP contribution in [0, 0.1) is 11.7 Å². The molecule has 5 heteroatoms. The fourth-order valence-corrected chi connectivity index (χ4v) is 1.58. The molecular weight excluding hydrogens is 277 g/mol. The minimum absolute atomic E-state index is 0.00707. The molecule has 1 unspecified atom stereocenters. The minimum Gasteiger partial charge on any atom is -0.396 e. The molecule has 0 saturated heterocycles. The fourth-order valence-electron chi connectivity index (χ4n) is 1.12. The van der Waals surface area contributed by atoms with E-state index in [-0.39, 0.29) is 24.0 Å². The van der Waals surface area contributed by atoms with Gasteiger partial charge in [0, 0.05) is 23.2 Å². The van der Waals surface area contributed by atoms with E-state index in [0.29, 0.717) is 11.0 Å². The van der Waals surface area contributed by atoms with Crippen LogP contribution in [0.5, 0.6) is 0 Å². The zero-order valence-corrected chi connectivity index (χ0v) is 10.4. The first-order chi connectivity index (χ1) is 7.52. The molecule has 0 fully saturated rings. The fraction of sp³-hybridized carbons (Fsp3) is 0.364. The first kappa shape index (κ1) is 13.1. The third kappa shape index (κ3) is 3.90. The lowest BCUT2D eigenvalue weighted by atomic mass is 10.1. The van der Waals surface area contributed by atoms with E-state index >= 15 is 0 Å². The van der Waals surface area contributed by atoms with Crippen LogP contribution in [0.25, 0.3) is 0 Å². The Hall–Kier alpha value is -0.940. The van der Waals surface area contributed by atoms with Crippen LogP contribution in [0.15, 0.2) is 22.7 Å².